The molecule has 112 valence electrons. The lowest BCUT2D eigenvalue weighted by atomic mass is 10.2. The number of thiophene rings is 1. The van der Waals surface area contributed by atoms with Gasteiger partial charge in [-0.3, -0.25) is 4.79 Å². The molecule has 0 amide bonds. The predicted octanol–water partition coefficient (Wildman–Crippen LogP) is 2.40. The number of rotatable bonds is 2. The molecule has 0 unspecified atom stereocenters. The van der Waals surface area contributed by atoms with Gasteiger partial charge in [0.05, 0.1) is 15.9 Å². The van der Waals surface area contributed by atoms with Crippen molar-refractivity contribution < 1.29 is 0 Å². The molecule has 2 N–H and O–H groups in total. The van der Waals surface area contributed by atoms with Gasteiger partial charge in [-0.2, -0.15) is 0 Å². The quantitative estimate of drug-likeness (QED) is 0.586. The van der Waals surface area contributed by atoms with Gasteiger partial charge in [-0.25, -0.2) is 0 Å². The van der Waals surface area contributed by atoms with Crippen molar-refractivity contribution >= 4 is 24.0 Å². The second-order valence-electron chi connectivity index (χ2n) is 5.35. The maximum absolute atomic E-state index is 12.2. The lowest BCUT2D eigenvalue weighted by Crippen LogP contribution is -2.23. The number of aromatic nitrogens is 2. The number of hydrogen-bond acceptors (Lipinski definition) is 2. The molecule has 23 heavy (non-hydrogen) atoms. The number of H-pyrrole nitrogens is 2. The van der Waals surface area contributed by atoms with Gasteiger partial charge in [0.2, 0.25) is 0 Å². The van der Waals surface area contributed by atoms with E-state index in [1.165, 1.54) is 10.4 Å². The van der Waals surface area contributed by atoms with E-state index in [9.17, 15) is 4.79 Å². The number of benzene rings is 1. The Kier molecular flexibility index (Phi) is 3.24. The van der Waals surface area contributed by atoms with Crippen LogP contribution in [0.4, 0.5) is 0 Å². The molecule has 0 saturated heterocycles. The fourth-order valence-electron chi connectivity index (χ4n) is 2.62. The van der Waals surface area contributed by atoms with Crippen molar-refractivity contribution in [2.24, 2.45) is 0 Å². The summed E-state index contributed by atoms with van der Waals surface area (Å²) >= 11 is 1.67. The summed E-state index contributed by atoms with van der Waals surface area (Å²) in [6.45, 7) is 3.89. The topological polar surface area (TPSA) is 48.6 Å². The molecule has 3 heterocycles. The molecule has 0 bridgehead atoms. The molecule has 0 radical (unpaired) electrons. The molecule has 4 heteroatoms. The minimum atomic E-state index is -0.0866. The predicted molar refractivity (Wildman–Crippen MR) is 94.8 cm³/mol. The van der Waals surface area contributed by atoms with Gasteiger partial charge >= 0.3 is 0 Å². The molecule has 0 atom stereocenters. The fraction of sp³-hybridized carbons (Fsp3) is 0. The van der Waals surface area contributed by atoms with E-state index in [4.69, 9.17) is 0 Å². The average molecular weight is 318 g/mol. The summed E-state index contributed by atoms with van der Waals surface area (Å²) in [6, 6.07) is 18.1. The molecule has 0 saturated carbocycles. The van der Waals surface area contributed by atoms with E-state index in [-0.39, 0.29) is 5.56 Å². The Morgan fingerprint density at radius 1 is 0.957 bits per heavy atom. The van der Waals surface area contributed by atoms with E-state index >= 15 is 0 Å². The minimum absolute atomic E-state index is 0.0866. The lowest BCUT2D eigenvalue weighted by Gasteiger charge is -1.94. The Morgan fingerprint density at radius 3 is 2.61 bits per heavy atom. The second kappa shape index (κ2) is 5.41. The van der Waals surface area contributed by atoms with Crippen molar-refractivity contribution in [2.75, 3.05) is 0 Å². The molecule has 2 aliphatic heterocycles. The Balaban J connectivity index is 1.89. The third-order valence-corrected chi connectivity index (χ3v) is 4.82. The smallest absolute Gasteiger partial charge is 0.257 e. The SMILES string of the molecule is C=c1ccc2[nH]c(=O)c(=Cc3ccc(-c4ccccc4)s3)c=2[nH]1. The molecule has 2 aliphatic rings. The molecule has 0 spiro atoms. The fourth-order valence-corrected chi connectivity index (χ4v) is 3.58. The van der Waals surface area contributed by atoms with E-state index in [1.54, 1.807) is 11.3 Å². The summed E-state index contributed by atoms with van der Waals surface area (Å²) in [5.74, 6) is 0. The maximum Gasteiger partial charge on any atom is 0.257 e. The Morgan fingerprint density at radius 2 is 1.78 bits per heavy atom. The zero-order valence-electron chi connectivity index (χ0n) is 12.3. The standard InChI is InChI=1S/C19H14N2OS/c1-12-7-9-16-18(20-12)15(19(22)21-16)11-14-8-10-17(23-14)13-5-3-2-4-6-13/h2-11,20H,1H2,(H,21,22). The highest BCUT2D eigenvalue weighted by atomic mass is 32.1. The van der Waals surface area contributed by atoms with E-state index in [2.05, 4.69) is 34.7 Å². The van der Waals surface area contributed by atoms with Crippen LogP contribution in [0.5, 0.6) is 0 Å². The molecule has 0 aliphatic carbocycles. The van der Waals surface area contributed by atoms with Crippen LogP contribution in [0.3, 0.4) is 0 Å². The van der Waals surface area contributed by atoms with E-state index in [1.807, 2.05) is 42.5 Å². The number of nitrogens with one attached hydrogen (secondary N) is 2. The van der Waals surface area contributed by atoms with Gasteiger partial charge in [-0.1, -0.05) is 36.9 Å². The van der Waals surface area contributed by atoms with Crippen molar-refractivity contribution in [1.82, 2.24) is 9.97 Å². The lowest BCUT2D eigenvalue weighted by molar-refractivity contribution is 1.15. The van der Waals surface area contributed by atoms with Gasteiger partial charge in [-0.05, 0) is 35.9 Å². The summed E-state index contributed by atoms with van der Waals surface area (Å²) in [4.78, 5) is 20.5. The average Bonchev–Trinajstić information content (AvgIpc) is 3.15. The van der Waals surface area contributed by atoms with Crippen LogP contribution >= 0.6 is 11.3 Å². The van der Waals surface area contributed by atoms with Crippen LogP contribution in [0, 0.1) is 10.7 Å². The van der Waals surface area contributed by atoms with Crippen LogP contribution in [0.2, 0.25) is 0 Å². The Hall–Kier alpha value is -2.85. The Labute approximate surface area is 135 Å². The monoisotopic (exact) mass is 318 g/mol. The highest BCUT2D eigenvalue weighted by Gasteiger charge is 2.03. The first-order valence-electron chi connectivity index (χ1n) is 7.28. The summed E-state index contributed by atoms with van der Waals surface area (Å²) in [7, 11) is 0. The van der Waals surface area contributed by atoms with Gasteiger partial charge in [0.25, 0.3) is 5.56 Å². The first kappa shape index (κ1) is 13.8. The molecule has 2 aromatic rings. The van der Waals surface area contributed by atoms with Gasteiger partial charge in [0.1, 0.15) is 0 Å². The maximum atomic E-state index is 12.2. The molecule has 1 aromatic heterocycles. The van der Waals surface area contributed by atoms with Crippen molar-refractivity contribution in [3.63, 3.8) is 0 Å². The first-order chi connectivity index (χ1) is 11.2. The molecular formula is C19H14N2OS. The van der Waals surface area contributed by atoms with E-state index in [0.29, 0.717) is 5.22 Å². The number of hydrogen-bond donors (Lipinski definition) is 2. The van der Waals surface area contributed by atoms with Gasteiger partial charge < -0.3 is 9.97 Å². The summed E-state index contributed by atoms with van der Waals surface area (Å²) < 4.78 is 0. The van der Waals surface area contributed by atoms with Crippen LogP contribution in [-0.2, 0) is 0 Å². The van der Waals surface area contributed by atoms with Gasteiger partial charge in [0, 0.05) is 15.1 Å². The minimum Gasteiger partial charge on any atom is -0.354 e. The molecule has 3 nitrogen and oxygen atoms in total. The van der Waals surface area contributed by atoms with Gasteiger partial charge in [0.15, 0.2) is 0 Å². The van der Waals surface area contributed by atoms with E-state index in [0.717, 1.165) is 20.9 Å². The summed E-state index contributed by atoms with van der Waals surface area (Å²) in [6.07, 6.45) is 1.92. The zero-order chi connectivity index (χ0) is 15.8. The highest BCUT2D eigenvalue weighted by Crippen LogP contribution is 2.27. The van der Waals surface area contributed by atoms with Gasteiger partial charge in [-0.15, -0.1) is 11.3 Å². The molecule has 0 fully saturated rings. The van der Waals surface area contributed by atoms with Crippen molar-refractivity contribution in [2.45, 2.75) is 0 Å². The van der Waals surface area contributed by atoms with E-state index < -0.39 is 0 Å². The second-order valence-corrected chi connectivity index (χ2v) is 6.47. The van der Waals surface area contributed by atoms with Crippen molar-refractivity contribution in [1.29, 1.82) is 0 Å². The molecule has 1 aromatic carbocycles. The molecular weight excluding hydrogens is 304 g/mol. The third-order valence-electron chi connectivity index (χ3n) is 3.74. The summed E-state index contributed by atoms with van der Waals surface area (Å²) in [5.41, 5.74) is 1.10. The van der Waals surface area contributed by atoms with Crippen LogP contribution < -0.4 is 16.1 Å². The largest absolute Gasteiger partial charge is 0.354 e. The highest BCUT2D eigenvalue weighted by molar-refractivity contribution is 7.16. The van der Waals surface area contributed by atoms with Crippen LogP contribution in [0.1, 0.15) is 4.88 Å². The number of aromatic amines is 2. The van der Waals surface area contributed by atoms with Crippen LogP contribution in [0.25, 0.3) is 23.1 Å². The Bertz CT molecular complexity index is 1200. The zero-order valence-corrected chi connectivity index (χ0v) is 13.1. The summed E-state index contributed by atoms with van der Waals surface area (Å²) in [5, 5.41) is 3.03. The van der Waals surface area contributed by atoms with Crippen molar-refractivity contribution in [3.05, 3.63) is 91.1 Å². The first-order valence-corrected chi connectivity index (χ1v) is 8.09. The normalized spacial score (nSPS) is 12.1. The molecule has 4 rings (SSSR count). The van der Waals surface area contributed by atoms with Crippen LogP contribution in [0.15, 0.2) is 59.4 Å². The third kappa shape index (κ3) is 2.53. The van der Waals surface area contributed by atoms with Crippen molar-refractivity contribution in [3.8, 4) is 10.4 Å². The van der Waals surface area contributed by atoms with Crippen LogP contribution in [-0.4, -0.2) is 9.97 Å².